The molecule has 160 valence electrons. The van der Waals surface area contributed by atoms with Gasteiger partial charge in [-0.2, -0.15) is 0 Å². The molecule has 2 amide bonds. The molecule has 0 radical (unpaired) electrons. The van der Waals surface area contributed by atoms with Crippen LogP contribution in [0.1, 0.15) is 45.2 Å². The Kier molecular flexibility index (Phi) is 4.84. The largest absolute Gasteiger partial charge is 0.444 e. The molecule has 2 N–H and O–H groups in total. The number of nitrogens with one attached hydrogen (secondary N) is 2. The van der Waals surface area contributed by atoms with E-state index in [0.717, 1.165) is 0 Å². The second kappa shape index (κ2) is 7.27. The van der Waals surface area contributed by atoms with Crippen molar-refractivity contribution < 1.29 is 23.9 Å². The zero-order valence-electron chi connectivity index (χ0n) is 17.9. The lowest BCUT2D eigenvalue weighted by molar-refractivity contribution is -0.162. The number of fused-ring (bicyclic) bond motifs is 2. The van der Waals surface area contributed by atoms with Crippen molar-refractivity contribution >= 4 is 34.9 Å². The van der Waals surface area contributed by atoms with Gasteiger partial charge in [0.15, 0.2) is 0 Å². The summed E-state index contributed by atoms with van der Waals surface area (Å²) in [6.45, 7) is 7.12. The van der Waals surface area contributed by atoms with Gasteiger partial charge in [-0.3, -0.25) is 10.1 Å². The minimum absolute atomic E-state index is 0.220. The summed E-state index contributed by atoms with van der Waals surface area (Å²) in [5.41, 5.74) is 1.21. The van der Waals surface area contributed by atoms with Crippen LogP contribution in [0.5, 0.6) is 0 Å². The maximum Gasteiger partial charge on any atom is 0.412 e. The average Bonchev–Trinajstić information content (AvgIpc) is 2.92. The number of amides is 2. The molecule has 2 aromatic rings. The quantitative estimate of drug-likeness (QED) is 0.693. The summed E-state index contributed by atoms with van der Waals surface area (Å²) < 4.78 is 11.1. The van der Waals surface area contributed by atoms with Crippen molar-refractivity contribution in [3.63, 3.8) is 0 Å². The first-order valence-electron chi connectivity index (χ1n) is 10.0. The Hall–Kier alpha value is -3.61. The molecule has 2 heterocycles. The Morgan fingerprint density at radius 2 is 1.77 bits per heavy atom. The Balaban J connectivity index is 1.71. The van der Waals surface area contributed by atoms with E-state index in [1.807, 2.05) is 12.1 Å². The first-order valence-corrected chi connectivity index (χ1v) is 10.0. The van der Waals surface area contributed by atoms with Crippen LogP contribution in [0.4, 0.5) is 16.2 Å². The van der Waals surface area contributed by atoms with Gasteiger partial charge >= 0.3 is 12.1 Å². The van der Waals surface area contributed by atoms with Crippen molar-refractivity contribution in [3.8, 4) is 0 Å². The Bertz CT molecular complexity index is 1130. The van der Waals surface area contributed by atoms with Crippen molar-refractivity contribution in [2.24, 2.45) is 0 Å². The van der Waals surface area contributed by atoms with Crippen LogP contribution in [0.15, 0.2) is 54.1 Å². The van der Waals surface area contributed by atoms with Gasteiger partial charge in [-0.25, -0.2) is 9.59 Å². The molecule has 7 heteroatoms. The molecule has 31 heavy (non-hydrogen) atoms. The molecule has 0 saturated heterocycles. The Morgan fingerprint density at radius 3 is 2.48 bits per heavy atom. The molecule has 2 aliphatic rings. The SMILES string of the molecule is CC1=C(c2ccccc2NC(=O)OC(C)(C)C)C(=O)O[C@]2(C1)C(=O)Nc1ccccc12. The summed E-state index contributed by atoms with van der Waals surface area (Å²) in [5.74, 6) is -0.977. The smallest absolute Gasteiger partial charge is 0.412 e. The number of carbonyl (C=O) groups excluding carboxylic acids is 3. The number of benzene rings is 2. The van der Waals surface area contributed by atoms with E-state index in [-0.39, 0.29) is 12.3 Å². The van der Waals surface area contributed by atoms with E-state index in [0.29, 0.717) is 33.6 Å². The van der Waals surface area contributed by atoms with Gasteiger partial charge in [0.25, 0.3) is 5.91 Å². The summed E-state index contributed by atoms with van der Waals surface area (Å²) in [6, 6.07) is 14.1. The van der Waals surface area contributed by atoms with Crippen molar-refractivity contribution in [1.82, 2.24) is 0 Å². The lowest BCUT2D eigenvalue weighted by Gasteiger charge is -2.33. The maximum absolute atomic E-state index is 13.2. The molecule has 7 nitrogen and oxygen atoms in total. The summed E-state index contributed by atoms with van der Waals surface area (Å²) in [7, 11) is 0. The standard InChI is InChI=1S/C24H24N2O5/c1-14-13-24(16-10-6-8-12-18(16)25-21(24)28)30-20(27)19(14)15-9-5-7-11-17(15)26-22(29)31-23(2,3)4/h5-12H,13H2,1-4H3,(H,25,28)(H,26,29)/t24-/m0/s1. The average molecular weight is 420 g/mol. The lowest BCUT2D eigenvalue weighted by Crippen LogP contribution is -2.42. The normalized spacial score (nSPS) is 20.3. The predicted octanol–water partition coefficient (Wildman–Crippen LogP) is 4.60. The van der Waals surface area contributed by atoms with Gasteiger partial charge in [-0.15, -0.1) is 0 Å². The van der Waals surface area contributed by atoms with Crippen LogP contribution in [0.2, 0.25) is 0 Å². The molecule has 1 atom stereocenters. The molecule has 4 rings (SSSR count). The highest BCUT2D eigenvalue weighted by atomic mass is 16.6. The van der Waals surface area contributed by atoms with Gasteiger partial charge in [0.2, 0.25) is 5.60 Å². The summed E-state index contributed by atoms with van der Waals surface area (Å²) in [5, 5.41) is 5.51. The topological polar surface area (TPSA) is 93.7 Å². The van der Waals surface area contributed by atoms with E-state index >= 15 is 0 Å². The first-order chi connectivity index (χ1) is 14.6. The van der Waals surface area contributed by atoms with Crippen molar-refractivity contribution in [3.05, 3.63) is 65.2 Å². The van der Waals surface area contributed by atoms with E-state index in [1.165, 1.54) is 0 Å². The molecule has 0 aliphatic carbocycles. The first kappa shape index (κ1) is 20.7. The molecule has 1 spiro atoms. The molecule has 2 aromatic carbocycles. The number of hydrogen-bond donors (Lipinski definition) is 2. The van der Waals surface area contributed by atoms with Crippen molar-refractivity contribution in [2.45, 2.75) is 45.3 Å². The predicted molar refractivity (Wildman–Crippen MR) is 116 cm³/mol. The molecule has 0 saturated carbocycles. The fourth-order valence-electron chi connectivity index (χ4n) is 4.01. The van der Waals surface area contributed by atoms with Crippen LogP contribution in [0.3, 0.4) is 0 Å². The van der Waals surface area contributed by atoms with Crippen LogP contribution in [0.25, 0.3) is 5.57 Å². The molecule has 2 aliphatic heterocycles. The summed E-state index contributed by atoms with van der Waals surface area (Å²) in [6.07, 6.45) is -0.402. The highest BCUT2D eigenvalue weighted by Crippen LogP contribution is 2.48. The number of esters is 1. The number of carbonyl (C=O) groups is 3. The zero-order chi connectivity index (χ0) is 22.4. The number of anilines is 2. The van der Waals surface area contributed by atoms with Gasteiger partial charge in [0.05, 0.1) is 11.3 Å². The second-order valence-corrected chi connectivity index (χ2v) is 8.72. The maximum atomic E-state index is 13.2. The van der Waals surface area contributed by atoms with E-state index in [1.54, 1.807) is 64.1 Å². The van der Waals surface area contributed by atoms with E-state index in [9.17, 15) is 14.4 Å². The van der Waals surface area contributed by atoms with E-state index in [4.69, 9.17) is 9.47 Å². The molecule has 0 aromatic heterocycles. The van der Waals surface area contributed by atoms with Gasteiger partial charge in [0.1, 0.15) is 5.60 Å². The van der Waals surface area contributed by atoms with Crippen LogP contribution < -0.4 is 10.6 Å². The second-order valence-electron chi connectivity index (χ2n) is 8.72. The van der Waals surface area contributed by atoms with Gasteiger partial charge < -0.3 is 14.8 Å². The highest BCUT2D eigenvalue weighted by Gasteiger charge is 2.53. The van der Waals surface area contributed by atoms with E-state index < -0.39 is 23.3 Å². The molecular formula is C24H24N2O5. The molecule has 0 fully saturated rings. The van der Waals surface area contributed by atoms with Gasteiger partial charge in [-0.1, -0.05) is 42.0 Å². The molecule has 0 bridgehead atoms. The number of ether oxygens (including phenoxy) is 2. The zero-order valence-corrected chi connectivity index (χ0v) is 17.9. The Morgan fingerprint density at radius 1 is 1.10 bits per heavy atom. The van der Waals surface area contributed by atoms with Crippen molar-refractivity contribution in [1.29, 1.82) is 0 Å². The lowest BCUT2D eigenvalue weighted by atomic mass is 9.83. The Labute approximate surface area is 180 Å². The van der Waals surface area contributed by atoms with Crippen molar-refractivity contribution in [2.75, 3.05) is 10.6 Å². The van der Waals surface area contributed by atoms with E-state index in [2.05, 4.69) is 10.6 Å². The van der Waals surface area contributed by atoms with Crippen LogP contribution in [-0.4, -0.2) is 23.6 Å². The van der Waals surface area contributed by atoms with Crippen LogP contribution in [-0.2, 0) is 24.7 Å². The monoisotopic (exact) mass is 420 g/mol. The third-order valence-electron chi connectivity index (χ3n) is 5.22. The fourth-order valence-corrected chi connectivity index (χ4v) is 4.01. The van der Waals surface area contributed by atoms with Gasteiger partial charge in [0, 0.05) is 23.2 Å². The van der Waals surface area contributed by atoms with Gasteiger partial charge in [-0.05, 0) is 39.8 Å². The number of para-hydroxylation sites is 2. The minimum atomic E-state index is -1.38. The third kappa shape index (κ3) is 3.67. The summed E-state index contributed by atoms with van der Waals surface area (Å²) in [4.78, 5) is 38.3. The van der Waals surface area contributed by atoms with Crippen LogP contribution in [0, 0.1) is 0 Å². The third-order valence-corrected chi connectivity index (χ3v) is 5.22. The minimum Gasteiger partial charge on any atom is -0.444 e. The number of rotatable bonds is 2. The number of hydrogen-bond acceptors (Lipinski definition) is 5. The highest BCUT2D eigenvalue weighted by molar-refractivity contribution is 6.22. The molecule has 0 unspecified atom stereocenters. The van der Waals surface area contributed by atoms with Crippen LogP contribution >= 0.6 is 0 Å². The molecular weight excluding hydrogens is 396 g/mol. The summed E-state index contributed by atoms with van der Waals surface area (Å²) >= 11 is 0. The fraction of sp³-hybridized carbons (Fsp3) is 0.292.